The summed E-state index contributed by atoms with van der Waals surface area (Å²) in [6.45, 7) is 9.91. The van der Waals surface area contributed by atoms with Gasteiger partial charge in [-0.1, -0.05) is 0 Å². The third-order valence-electron chi connectivity index (χ3n) is 4.80. The van der Waals surface area contributed by atoms with E-state index in [9.17, 15) is 4.79 Å². The molecule has 0 heterocycles. The Balaban J connectivity index is 1.67. The van der Waals surface area contributed by atoms with Gasteiger partial charge in [0.1, 0.15) is 18.6 Å². The number of aldehydes is 1. The fraction of sp³-hybridized carbons (Fsp3) is 0.741. The molecule has 0 saturated carbocycles. The second kappa shape index (κ2) is 26.9. The molecule has 0 aliphatic rings. The molecule has 11 nitrogen and oxygen atoms in total. The van der Waals surface area contributed by atoms with Crippen molar-refractivity contribution < 1.29 is 47.4 Å². The molecule has 0 spiro atoms. The van der Waals surface area contributed by atoms with Gasteiger partial charge in [0.25, 0.3) is 0 Å². The first-order chi connectivity index (χ1) is 18.7. The number of benzene rings is 1. The van der Waals surface area contributed by atoms with E-state index in [4.69, 9.17) is 42.6 Å². The topological polar surface area (TPSA) is 103 Å². The van der Waals surface area contributed by atoms with Crippen LogP contribution in [0.25, 0.3) is 0 Å². The minimum Gasteiger partial charge on any atom is -0.491 e. The molecule has 220 valence electrons. The molecule has 0 amide bonds. The van der Waals surface area contributed by atoms with Crippen LogP contribution in [0.3, 0.4) is 0 Å². The SMILES string of the molecule is CN(C)CCOCCOCCOCCOCCOCCOCCOCCOCCOc1ccc(C=O)cc1. The van der Waals surface area contributed by atoms with Gasteiger partial charge >= 0.3 is 0 Å². The molecule has 11 heteroatoms. The van der Waals surface area contributed by atoms with Crippen LogP contribution in [0.4, 0.5) is 0 Å². The molecular weight excluding hydrogens is 498 g/mol. The lowest BCUT2D eigenvalue weighted by Crippen LogP contribution is -2.19. The van der Waals surface area contributed by atoms with Crippen molar-refractivity contribution in [1.29, 1.82) is 0 Å². The van der Waals surface area contributed by atoms with Crippen LogP contribution in [0, 0.1) is 0 Å². The standard InChI is InChI=1S/C27H47NO10/c1-28(2)7-8-30-9-10-31-11-12-32-13-14-33-15-16-34-17-18-35-19-20-36-21-22-37-23-24-38-27-5-3-26(25-29)4-6-27/h3-6,25H,7-24H2,1-2H3. The predicted octanol–water partition coefficient (Wildman–Crippen LogP) is 1.57. The zero-order valence-corrected chi connectivity index (χ0v) is 23.1. The first-order valence-corrected chi connectivity index (χ1v) is 13.2. The smallest absolute Gasteiger partial charge is 0.150 e. The highest BCUT2D eigenvalue weighted by atomic mass is 16.6. The molecule has 1 aromatic carbocycles. The number of carbonyl (C=O) groups is 1. The summed E-state index contributed by atoms with van der Waals surface area (Å²) in [7, 11) is 4.04. The zero-order valence-electron chi connectivity index (χ0n) is 23.1. The minimum absolute atomic E-state index is 0.437. The van der Waals surface area contributed by atoms with Crippen molar-refractivity contribution in [2.75, 3.05) is 133 Å². The molecule has 0 saturated heterocycles. The molecule has 0 unspecified atom stereocenters. The quantitative estimate of drug-likeness (QED) is 0.108. The van der Waals surface area contributed by atoms with Gasteiger partial charge in [-0.05, 0) is 38.4 Å². The van der Waals surface area contributed by atoms with E-state index in [0.717, 1.165) is 12.8 Å². The van der Waals surface area contributed by atoms with Crippen molar-refractivity contribution in [2.24, 2.45) is 0 Å². The average Bonchev–Trinajstić information content (AvgIpc) is 2.92. The van der Waals surface area contributed by atoms with Gasteiger partial charge in [-0.3, -0.25) is 4.79 Å². The zero-order chi connectivity index (χ0) is 27.4. The van der Waals surface area contributed by atoms with Gasteiger partial charge in [0.05, 0.1) is 106 Å². The number of nitrogens with zero attached hydrogens (tertiary/aromatic N) is 1. The second-order valence-corrected chi connectivity index (χ2v) is 8.24. The highest BCUT2D eigenvalue weighted by molar-refractivity contribution is 5.74. The van der Waals surface area contributed by atoms with E-state index in [0.29, 0.717) is 124 Å². The summed E-state index contributed by atoms with van der Waals surface area (Å²) in [6.07, 6.45) is 0.800. The van der Waals surface area contributed by atoms with Gasteiger partial charge in [0, 0.05) is 12.1 Å². The molecular formula is C27H47NO10. The van der Waals surface area contributed by atoms with Crippen molar-refractivity contribution in [3.63, 3.8) is 0 Å². The number of hydrogen-bond donors (Lipinski definition) is 0. The number of carbonyl (C=O) groups excluding carboxylic acids is 1. The lowest BCUT2D eigenvalue weighted by molar-refractivity contribution is -0.0238. The van der Waals surface area contributed by atoms with E-state index in [1.54, 1.807) is 24.3 Å². The maximum Gasteiger partial charge on any atom is 0.150 e. The summed E-state index contributed by atoms with van der Waals surface area (Å²) in [5, 5.41) is 0. The van der Waals surface area contributed by atoms with E-state index >= 15 is 0 Å². The van der Waals surface area contributed by atoms with Gasteiger partial charge in [-0.25, -0.2) is 0 Å². The maximum atomic E-state index is 10.6. The van der Waals surface area contributed by atoms with E-state index in [1.807, 2.05) is 14.1 Å². The first kappa shape index (κ1) is 34.4. The number of likely N-dealkylation sites (N-methyl/N-ethyl adjacent to an activating group) is 1. The Hall–Kier alpha value is -1.67. The van der Waals surface area contributed by atoms with E-state index in [-0.39, 0.29) is 0 Å². The molecule has 0 atom stereocenters. The molecule has 1 rings (SSSR count). The largest absolute Gasteiger partial charge is 0.491 e. The molecule has 0 N–H and O–H groups in total. The summed E-state index contributed by atoms with van der Waals surface area (Å²) < 4.78 is 49.1. The summed E-state index contributed by atoms with van der Waals surface area (Å²) in [5.41, 5.74) is 0.622. The van der Waals surface area contributed by atoms with Gasteiger partial charge in [0.15, 0.2) is 0 Å². The lowest BCUT2D eigenvalue weighted by atomic mass is 10.2. The van der Waals surface area contributed by atoms with E-state index in [2.05, 4.69) is 4.90 Å². The van der Waals surface area contributed by atoms with Crippen molar-refractivity contribution >= 4 is 6.29 Å². The Morgan fingerprint density at radius 2 is 0.816 bits per heavy atom. The number of ether oxygens (including phenoxy) is 9. The monoisotopic (exact) mass is 545 g/mol. The Kier molecular flexibility index (Phi) is 24.3. The Bertz CT molecular complexity index is 633. The third-order valence-corrected chi connectivity index (χ3v) is 4.80. The van der Waals surface area contributed by atoms with Crippen LogP contribution in [0.15, 0.2) is 24.3 Å². The highest BCUT2D eigenvalue weighted by Crippen LogP contribution is 2.10. The van der Waals surface area contributed by atoms with Gasteiger partial charge in [-0.2, -0.15) is 0 Å². The maximum absolute atomic E-state index is 10.6. The summed E-state index contributed by atoms with van der Waals surface area (Å²) in [5.74, 6) is 0.708. The summed E-state index contributed by atoms with van der Waals surface area (Å²) in [4.78, 5) is 12.7. The number of rotatable bonds is 29. The molecule has 38 heavy (non-hydrogen) atoms. The van der Waals surface area contributed by atoms with Gasteiger partial charge in [-0.15, -0.1) is 0 Å². The molecule has 0 aliphatic carbocycles. The van der Waals surface area contributed by atoms with Crippen LogP contribution >= 0.6 is 0 Å². The van der Waals surface area contributed by atoms with Crippen LogP contribution < -0.4 is 4.74 Å². The van der Waals surface area contributed by atoms with Gasteiger partial charge < -0.3 is 47.5 Å². The van der Waals surface area contributed by atoms with Crippen LogP contribution in [-0.4, -0.2) is 144 Å². The van der Waals surface area contributed by atoms with Crippen LogP contribution in [-0.2, 0) is 37.9 Å². The van der Waals surface area contributed by atoms with Crippen molar-refractivity contribution in [3.05, 3.63) is 29.8 Å². The van der Waals surface area contributed by atoms with E-state index < -0.39 is 0 Å². The second-order valence-electron chi connectivity index (χ2n) is 8.24. The third kappa shape index (κ3) is 23.4. The van der Waals surface area contributed by atoms with E-state index in [1.165, 1.54) is 0 Å². The molecule has 0 radical (unpaired) electrons. The molecule has 0 aliphatic heterocycles. The Morgan fingerprint density at radius 1 is 0.500 bits per heavy atom. The van der Waals surface area contributed by atoms with Crippen LogP contribution in [0.5, 0.6) is 5.75 Å². The van der Waals surface area contributed by atoms with Crippen molar-refractivity contribution in [1.82, 2.24) is 4.90 Å². The molecule has 0 aromatic heterocycles. The van der Waals surface area contributed by atoms with Crippen LogP contribution in [0.2, 0.25) is 0 Å². The average molecular weight is 546 g/mol. The number of hydrogen-bond acceptors (Lipinski definition) is 11. The van der Waals surface area contributed by atoms with Gasteiger partial charge in [0.2, 0.25) is 0 Å². The highest BCUT2D eigenvalue weighted by Gasteiger charge is 1.97. The fourth-order valence-electron chi connectivity index (χ4n) is 2.75. The fourth-order valence-corrected chi connectivity index (χ4v) is 2.75. The minimum atomic E-state index is 0.437. The summed E-state index contributed by atoms with van der Waals surface area (Å²) in [6, 6.07) is 6.94. The Labute approximate surface area is 227 Å². The lowest BCUT2D eigenvalue weighted by Gasteiger charge is -2.10. The first-order valence-electron chi connectivity index (χ1n) is 13.2. The Morgan fingerprint density at radius 3 is 1.13 bits per heavy atom. The van der Waals surface area contributed by atoms with Crippen molar-refractivity contribution in [3.8, 4) is 5.75 Å². The molecule has 1 aromatic rings. The molecule has 0 fully saturated rings. The normalized spacial score (nSPS) is 11.3. The summed E-state index contributed by atoms with van der Waals surface area (Å²) >= 11 is 0. The van der Waals surface area contributed by atoms with Crippen molar-refractivity contribution in [2.45, 2.75) is 0 Å². The molecule has 0 bridgehead atoms. The predicted molar refractivity (Wildman–Crippen MR) is 142 cm³/mol. The van der Waals surface area contributed by atoms with Crippen LogP contribution in [0.1, 0.15) is 10.4 Å².